The largest absolute Gasteiger partial charge is 0.483 e. The van der Waals surface area contributed by atoms with E-state index in [1.54, 1.807) is 0 Å². The van der Waals surface area contributed by atoms with Crippen LogP contribution >= 0.6 is 11.6 Å². The number of hydrogen-bond acceptors (Lipinski definition) is 1. The highest BCUT2D eigenvalue weighted by molar-refractivity contribution is 6.30. The Morgan fingerprint density at radius 3 is 2.30 bits per heavy atom. The van der Waals surface area contributed by atoms with Gasteiger partial charge in [0.15, 0.2) is 11.4 Å². The van der Waals surface area contributed by atoms with Crippen LogP contribution < -0.4 is 10.1 Å². The summed E-state index contributed by atoms with van der Waals surface area (Å²) in [5.74, 6) is 0.914. The van der Waals surface area contributed by atoms with Crippen molar-refractivity contribution in [1.82, 2.24) is 0 Å². The van der Waals surface area contributed by atoms with Gasteiger partial charge in [0.2, 0.25) is 0 Å². The summed E-state index contributed by atoms with van der Waals surface area (Å²) in [4.78, 5) is 0. The number of hydrogen-bond donors (Lipinski definition) is 1. The van der Waals surface area contributed by atoms with Crippen molar-refractivity contribution in [3.63, 3.8) is 0 Å². The second-order valence-corrected chi connectivity index (χ2v) is 6.40. The molecule has 2 aromatic carbocycles. The normalized spacial score (nSPS) is 11.4. The Labute approximate surface area is 125 Å². The quantitative estimate of drug-likeness (QED) is 0.849. The van der Waals surface area contributed by atoms with Gasteiger partial charge >= 0.3 is 0 Å². The molecule has 0 atom stereocenters. The van der Waals surface area contributed by atoms with Gasteiger partial charge in [0.05, 0.1) is 5.54 Å². The fourth-order valence-corrected chi connectivity index (χ4v) is 2.07. The van der Waals surface area contributed by atoms with E-state index in [4.69, 9.17) is 16.3 Å². The van der Waals surface area contributed by atoms with E-state index < -0.39 is 0 Å². The molecule has 0 bridgehead atoms. The first-order valence-electron chi connectivity index (χ1n) is 6.76. The Morgan fingerprint density at radius 2 is 1.65 bits per heavy atom. The third-order valence-electron chi connectivity index (χ3n) is 2.82. The molecule has 2 aromatic rings. The van der Waals surface area contributed by atoms with Gasteiger partial charge in [-0.3, -0.25) is 0 Å². The van der Waals surface area contributed by atoms with E-state index in [0.29, 0.717) is 6.61 Å². The lowest BCUT2D eigenvalue weighted by Crippen LogP contribution is -2.89. The lowest BCUT2D eigenvalue weighted by Gasteiger charge is -2.18. The maximum atomic E-state index is 5.93. The zero-order valence-electron chi connectivity index (χ0n) is 12.2. The molecule has 2 N–H and O–H groups in total. The molecule has 0 unspecified atom stereocenters. The standard InChI is InChI=1S/C17H20ClNO/c1-17(2,3)19-15-6-4-5-7-16(15)20-12-13-8-10-14(18)11-9-13/h4-11,19H,12H2,1-3H3/p+1. The Hall–Kier alpha value is -1.51. The van der Waals surface area contributed by atoms with E-state index in [-0.39, 0.29) is 5.54 Å². The number of ether oxygens (including phenoxy) is 1. The first-order valence-corrected chi connectivity index (χ1v) is 7.14. The molecule has 0 aliphatic heterocycles. The minimum absolute atomic E-state index is 0.125. The minimum atomic E-state index is 0.125. The zero-order chi connectivity index (χ0) is 14.6. The van der Waals surface area contributed by atoms with E-state index in [1.807, 2.05) is 42.5 Å². The Kier molecular flexibility index (Phi) is 4.69. The molecule has 0 heterocycles. The van der Waals surface area contributed by atoms with Crippen molar-refractivity contribution in [1.29, 1.82) is 0 Å². The highest BCUT2D eigenvalue weighted by Gasteiger charge is 2.17. The number of halogens is 1. The summed E-state index contributed by atoms with van der Waals surface area (Å²) < 4.78 is 5.93. The Bertz CT molecular complexity index is 558. The average molecular weight is 291 g/mol. The van der Waals surface area contributed by atoms with Gasteiger partial charge in [-0.05, 0) is 44.5 Å². The fraction of sp³-hybridized carbons (Fsp3) is 0.294. The van der Waals surface area contributed by atoms with Crippen LogP contribution in [0.5, 0.6) is 5.75 Å². The van der Waals surface area contributed by atoms with Crippen LogP contribution in [0.1, 0.15) is 26.3 Å². The number of nitrogens with two attached hydrogens (primary N) is 1. The molecule has 2 nitrogen and oxygen atoms in total. The van der Waals surface area contributed by atoms with Gasteiger partial charge in [-0.1, -0.05) is 35.9 Å². The molecule has 106 valence electrons. The molecular weight excluding hydrogens is 270 g/mol. The van der Waals surface area contributed by atoms with Crippen LogP contribution in [0.15, 0.2) is 48.5 Å². The van der Waals surface area contributed by atoms with Gasteiger partial charge < -0.3 is 10.1 Å². The van der Waals surface area contributed by atoms with Gasteiger partial charge in [0.25, 0.3) is 0 Å². The van der Waals surface area contributed by atoms with Gasteiger partial charge in [0, 0.05) is 11.1 Å². The number of benzene rings is 2. The summed E-state index contributed by atoms with van der Waals surface area (Å²) in [7, 11) is 0. The lowest BCUT2D eigenvalue weighted by atomic mass is 10.1. The molecule has 2 rings (SSSR count). The average Bonchev–Trinajstić information content (AvgIpc) is 2.38. The van der Waals surface area contributed by atoms with E-state index in [9.17, 15) is 0 Å². The lowest BCUT2D eigenvalue weighted by molar-refractivity contribution is -0.642. The van der Waals surface area contributed by atoms with Crippen LogP contribution in [0.4, 0.5) is 5.69 Å². The highest BCUT2D eigenvalue weighted by atomic mass is 35.5. The monoisotopic (exact) mass is 290 g/mol. The van der Waals surface area contributed by atoms with Gasteiger partial charge in [-0.15, -0.1) is 0 Å². The van der Waals surface area contributed by atoms with E-state index in [1.165, 1.54) is 0 Å². The van der Waals surface area contributed by atoms with Crippen molar-refractivity contribution in [2.45, 2.75) is 32.9 Å². The Balaban J connectivity index is 2.07. The predicted octanol–water partition coefficient (Wildman–Crippen LogP) is 3.91. The SMILES string of the molecule is CC(C)(C)[NH2+]c1ccccc1OCc1ccc(Cl)cc1. The van der Waals surface area contributed by atoms with Crippen molar-refractivity contribution in [3.05, 3.63) is 59.1 Å². The summed E-state index contributed by atoms with van der Waals surface area (Å²) in [6.45, 7) is 7.10. The summed E-state index contributed by atoms with van der Waals surface area (Å²) in [6.07, 6.45) is 0. The first-order chi connectivity index (χ1) is 9.44. The topological polar surface area (TPSA) is 25.8 Å². The van der Waals surface area contributed by atoms with Gasteiger partial charge in [0.1, 0.15) is 6.61 Å². The van der Waals surface area contributed by atoms with E-state index in [0.717, 1.165) is 22.0 Å². The van der Waals surface area contributed by atoms with Crippen LogP contribution in [0.25, 0.3) is 0 Å². The number of para-hydroxylation sites is 2. The van der Waals surface area contributed by atoms with E-state index in [2.05, 4.69) is 32.2 Å². The molecule has 3 heteroatoms. The molecule has 0 aromatic heterocycles. The van der Waals surface area contributed by atoms with Crippen molar-refractivity contribution in [2.24, 2.45) is 0 Å². The minimum Gasteiger partial charge on any atom is -0.483 e. The molecular formula is C17H21ClNO+. The molecule has 0 aliphatic rings. The first kappa shape index (κ1) is 14.9. The molecule has 0 aliphatic carbocycles. The van der Waals surface area contributed by atoms with E-state index >= 15 is 0 Å². The number of rotatable bonds is 4. The third kappa shape index (κ3) is 4.55. The van der Waals surface area contributed by atoms with Crippen LogP contribution in [0.2, 0.25) is 5.02 Å². The van der Waals surface area contributed by atoms with Crippen LogP contribution in [0, 0.1) is 0 Å². The zero-order valence-corrected chi connectivity index (χ0v) is 12.9. The maximum Gasteiger partial charge on any atom is 0.180 e. The maximum absolute atomic E-state index is 5.93. The van der Waals surface area contributed by atoms with Gasteiger partial charge in [-0.25, -0.2) is 0 Å². The fourth-order valence-electron chi connectivity index (χ4n) is 1.94. The van der Waals surface area contributed by atoms with Crippen molar-refractivity contribution in [3.8, 4) is 5.75 Å². The molecule has 0 radical (unpaired) electrons. The van der Waals surface area contributed by atoms with Crippen LogP contribution in [0.3, 0.4) is 0 Å². The molecule has 0 spiro atoms. The van der Waals surface area contributed by atoms with Gasteiger partial charge in [-0.2, -0.15) is 0 Å². The second-order valence-electron chi connectivity index (χ2n) is 5.96. The predicted molar refractivity (Wildman–Crippen MR) is 83.6 cm³/mol. The molecule has 0 fully saturated rings. The smallest absolute Gasteiger partial charge is 0.180 e. The molecule has 0 saturated heterocycles. The Morgan fingerprint density at radius 1 is 1.00 bits per heavy atom. The highest BCUT2D eigenvalue weighted by Crippen LogP contribution is 2.21. The summed E-state index contributed by atoms with van der Waals surface area (Å²) in [5, 5.41) is 2.97. The summed E-state index contributed by atoms with van der Waals surface area (Å²) >= 11 is 5.88. The molecule has 0 saturated carbocycles. The van der Waals surface area contributed by atoms with Crippen molar-refractivity contribution < 1.29 is 10.1 Å². The summed E-state index contributed by atoms with van der Waals surface area (Å²) in [5.41, 5.74) is 2.37. The number of quaternary nitrogens is 1. The summed E-state index contributed by atoms with van der Waals surface area (Å²) in [6, 6.07) is 15.9. The molecule has 20 heavy (non-hydrogen) atoms. The van der Waals surface area contributed by atoms with Crippen molar-refractivity contribution >= 4 is 17.3 Å². The van der Waals surface area contributed by atoms with Crippen molar-refractivity contribution in [2.75, 3.05) is 0 Å². The second kappa shape index (κ2) is 6.29. The van der Waals surface area contributed by atoms with Crippen LogP contribution in [-0.4, -0.2) is 5.54 Å². The van der Waals surface area contributed by atoms with Crippen LogP contribution in [-0.2, 0) is 6.61 Å². The third-order valence-corrected chi connectivity index (χ3v) is 3.07. The molecule has 0 amide bonds.